The Morgan fingerprint density at radius 3 is 1.34 bits per heavy atom. The average molecular weight is 677 g/mol. The summed E-state index contributed by atoms with van der Waals surface area (Å²) >= 11 is 0. The van der Waals surface area contributed by atoms with Gasteiger partial charge in [0, 0.05) is 19.1 Å². The van der Waals surface area contributed by atoms with Crippen LogP contribution in [0.15, 0.2) is 110 Å². The van der Waals surface area contributed by atoms with Crippen LogP contribution in [-0.4, -0.2) is 51.6 Å². The SMILES string of the molecule is C=CCOCCCCOc1ccc(C(=O)Oc2ccc3c(c2)C(C)c2cc(OC(=O)c4ccc(OCCCCOCC=C)cc4)ccc2-3)cc1. The third kappa shape index (κ3) is 9.94. The van der Waals surface area contributed by atoms with Crippen LogP contribution in [0, 0.1) is 0 Å². The van der Waals surface area contributed by atoms with E-state index in [2.05, 4.69) is 20.1 Å². The van der Waals surface area contributed by atoms with Crippen LogP contribution in [0.1, 0.15) is 70.4 Å². The first-order chi connectivity index (χ1) is 24.5. The summed E-state index contributed by atoms with van der Waals surface area (Å²) in [4.78, 5) is 25.9. The molecule has 0 aliphatic heterocycles. The lowest BCUT2D eigenvalue weighted by molar-refractivity contribution is 0.0725. The molecule has 260 valence electrons. The van der Waals surface area contributed by atoms with Crippen LogP contribution < -0.4 is 18.9 Å². The minimum Gasteiger partial charge on any atom is -0.494 e. The maximum atomic E-state index is 12.9. The van der Waals surface area contributed by atoms with Crippen LogP contribution in [0.5, 0.6) is 23.0 Å². The molecule has 4 aromatic carbocycles. The van der Waals surface area contributed by atoms with E-state index >= 15 is 0 Å². The molecule has 50 heavy (non-hydrogen) atoms. The predicted molar refractivity (Wildman–Crippen MR) is 194 cm³/mol. The molecule has 0 aromatic heterocycles. The molecule has 4 aromatic rings. The highest BCUT2D eigenvalue weighted by molar-refractivity contribution is 5.92. The van der Waals surface area contributed by atoms with Crippen LogP contribution in [0.2, 0.25) is 0 Å². The number of rotatable bonds is 20. The van der Waals surface area contributed by atoms with E-state index in [1.165, 1.54) is 0 Å². The Bertz CT molecular complexity index is 1610. The fraction of sp³-hybridized carbons (Fsp3) is 0.286. The molecule has 0 bridgehead atoms. The van der Waals surface area contributed by atoms with Gasteiger partial charge in [0.05, 0.1) is 37.6 Å². The van der Waals surface area contributed by atoms with E-state index in [0.29, 0.717) is 73.8 Å². The van der Waals surface area contributed by atoms with E-state index in [1.54, 1.807) is 72.8 Å². The van der Waals surface area contributed by atoms with Gasteiger partial charge in [-0.05, 0) is 121 Å². The van der Waals surface area contributed by atoms with Gasteiger partial charge in [-0.25, -0.2) is 9.59 Å². The summed E-state index contributed by atoms with van der Waals surface area (Å²) in [7, 11) is 0. The lowest BCUT2D eigenvalue weighted by Gasteiger charge is -2.11. The molecule has 0 N–H and O–H groups in total. The normalized spacial score (nSPS) is 11.7. The van der Waals surface area contributed by atoms with Gasteiger partial charge in [0.15, 0.2) is 0 Å². The van der Waals surface area contributed by atoms with Crippen molar-refractivity contribution in [1.82, 2.24) is 0 Å². The summed E-state index contributed by atoms with van der Waals surface area (Å²) in [6, 6.07) is 25.2. The van der Waals surface area contributed by atoms with Gasteiger partial charge in [-0.2, -0.15) is 0 Å². The van der Waals surface area contributed by atoms with Crippen molar-refractivity contribution in [3.8, 4) is 34.1 Å². The molecule has 8 nitrogen and oxygen atoms in total. The van der Waals surface area contributed by atoms with E-state index in [-0.39, 0.29) is 5.92 Å². The third-order valence-electron chi connectivity index (χ3n) is 8.25. The zero-order valence-corrected chi connectivity index (χ0v) is 28.6. The minimum atomic E-state index is -0.446. The number of hydrogen-bond acceptors (Lipinski definition) is 8. The number of ether oxygens (including phenoxy) is 6. The van der Waals surface area contributed by atoms with E-state index in [1.807, 2.05) is 24.3 Å². The molecule has 0 saturated heterocycles. The predicted octanol–water partition coefficient (Wildman–Crippen LogP) is 8.98. The monoisotopic (exact) mass is 676 g/mol. The zero-order valence-electron chi connectivity index (χ0n) is 28.6. The molecule has 1 aliphatic rings. The number of unbranched alkanes of at least 4 members (excludes halogenated alkanes) is 2. The van der Waals surface area contributed by atoms with Gasteiger partial charge in [-0.1, -0.05) is 31.2 Å². The number of benzene rings is 4. The van der Waals surface area contributed by atoms with Crippen molar-refractivity contribution in [2.45, 2.75) is 38.5 Å². The Balaban J connectivity index is 1.11. The first-order valence-corrected chi connectivity index (χ1v) is 17.0. The van der Waals surface area contributed by atoms with E-state index in [9.17, 15) is 9.59 Å². The van der Waals surface area contributed by atoms with Crippen molar-refractivity contribution in [2.75, 3.05) is 39.6 Å². The maximum Gasteiger partial charge on any atom is 0.343 e. The Labute approximate surface area is 294 Å². The van der Waals surface area contributed by atoms with Gasteiger partial charge in [-0.3, -0.25) is 0 Å². The molecule has 5 rings (SSSR count). The van der Waals surface area contributed by atoms with Gasteiger partial charge >= 0.3 is 11.9 Å². The fourth-order valence-corrected chi connectivity index (χ4v) is 5.62. The Hall–Kier alpha value is -5.18. The summed E-state index contributed by atoms with van der Waals surface area (Å²) in [5, 5.41) is 0. The van der Waals surface area contributed by atoms with Crippen molar-refractivity contribution in [2.24, 2.45) is 0 Å². The van der Waals surface area contributed by atoms with Crippen LogP contribution in [-0.2, 0) is 9.47 Å². The quantitative estimate of drug-likeness (QED) is 0.0397. The standard InChI is InChI=1S/C42H44O8/c1-4-22-45-24-6-8-26-47-33-14-10-31(11-15-33)41(43)49-35-18-20-37-38-21-19-36(29-40(38)30(3)39(37)28-35)50-42(44)32-12-16-34(17-13-32)48-27-9-7-25-46-23-5-2/h4-5,10-21,28-30H,1-2,6-9,22-27H2,3H3. The number of carbonyl (C=O) groups excluding carboxylic acids is 2. The molecule has 0 unspecified atom stereocenters. The molecule has 0 heterocycles. The minimum absolute atomic E-state index is 0.00673. The molecule has 0 saturated carbocycles. The summed E-state index contributed by atoms with van der Waals surface area (Å²) in [6.07, 6.45) is 7.00. The smallest absolute Gasteiger partial charge is 0.343 e. The summed E-state index contributed by atoms with van der Waals surface area (Å²) in [6.45, 7) is 12.9. The second kappa shape index (κ2) is 18.5. The summed E-state index contributed by atoms with van der Waals surface area (Å²) < 4.78 is 33.8. The van der Waals surface area contributed by atoms with Gasteiger partial charge < -0.3 is 28.4 Å². The van der Waals surface area contributed by atoms with Crippen LogP contribution in [0.4, 0.5) is 0 Å². The van der Waals surface area contributed by atoms with Crippen molar-refractivity contribution in [3.63, 3.8) is 0 Å². The summed E-state index contributed by atoms with van der Waals surface area (Å²) in [5.41, 5.74) is 5.04. The highest BCUT2D eigenvalue weighted by Crippen LogP contribution is 2.47. The Kier molecular flexibility index (Phi) is 13.4. The molecule has 0 radical (unpaired) electrons. The lowest BCUT2D eigenvalue weighted by atomic mass is 9.99. The van der Waals surface area contributed by atoms with E-state index in [4.69, 9.17) is 28.4 Å². The van der Waals surface area contributed by atoms with Crippen molar-refractivity contribution < 1.29 is 38.0 Å². The molecule has 0 amide bonds. The van der Waals surface area contributed by atoms with Gasteiger partial charge in [0.1, 0.15) is 23.0 Å². The van der Waals surface area contributed by atoms with Gasteiger partial charge in [0.2, 0.25) is 0 Å². The topological polar surface area (TPSA) is 89.5 Å². The van der Waals surface area contributed by atoms with Gasteiger partial charge in [-0.15, -0.1) is 13.2 Å². The first kappa shape index (κ1) is 36.1. The average Bonchev–Trinajstić information content (AvgIpc) is 3.41. The van der Waals surface area contributed by atoms with Crippen molar-refractivity contribution in [1.29, 1.82) is 0 Å². The first-order valence-electron chi connectivity index (χ1n) is 17.0. The lowest BCUT2D eigenvalue weighted by Crippen LogP contribution is -2.09. The number of carbonyl (C=O) groups is 2. The highest BCUT2D eigenvalue weighted by atomic mass is 16.5. The third-order valence-corrected chi connectivity index (χ3v) is 8.25. The molecule has 0 spiro atoms. The molecule has 8 heteroatoms. The molecule has 0 atom stereocenters. The molecular formula is C42H44O8. The Morgan fingerprint density at radius 2 is 0.940 bits per heavy atom. The zero-order chi connectivity index (χ0) is 35.1. The molecule has 1 aliphatic carbocycles. The second-order valence-electron chi connectivity index (χ2n) is 11.9. The Morgan fingerprint density at radius 1 is 0.560 bits per heavy atom. The summed E-state index contributed by atoms with van der Waals surface area (Å²) in [5.74, 6) is 1.42. The largest absolute Gasteiger partial charge is 0.494 e. The number of hydrogen-bond donors (Lipinski definition) is 0. The van der Waals surface area contributed by atoms with E-state index < -0.39 is 11.9 Å². The second-order valence-corrected chi connectivity index (χ2v) is 11.9. The van der Waals surface area contributed by atoms with Crippen molar-refractivity contribution in [3.05, 3.63) is 132 Å². The van der Waals surface area contributed by atoms with Crippen LogP contribution >= 0.6 is 0 Å². The van der Waals surface area contributed by atoms with Crippen LogP contribution in [0.3, 0.4) is 0 Å². The number of fused-ring (bicyclic) bond motifs is 3. The molecule has 0 fully saturated rings. The van der Waals surface area contributed by atoms with Crippen molar-refractivity contribution >= 4 is 11.9 Å². The highest BCUT2D eigenvalue weighted by Gasteiger charge is 2.27. The van der Waals surface area contributed by atoms with Crippen LogP contribution in [0.25, 0.3) is 11.1 Å². The fourth-order valence-electron chi connectivity index (χ4n) is 5.62. The van der Waals surface area contributed by atoms with E-state index in [0.717, 1.165) is 47.9 Å². The maximum absolute atomic E-state index is 12.9. The molecular weight excluding hydrogens is 632 g/mol. The van der Waals surface area contributed by atoms with Gasteiger partial charge in [0.25, 0.3) is 0 Å². The number of esters is 2.